The van der Waals surface area contributed by atoms with Crippen molar-refractivity contribution in [2.45, 2.75) is 6.30 Å². The second-order valence-electron chi connectivity index (χ2n) is 1.86. The highest BCUT2D eigenvalue weighted by molar-refractivity contribution is 5.73. The molecule has 5 heteroatoms. The predicted octanol–water partition coefficient (Wildman–Crippen LogP) is -0.302. The molecule has 0 aliphatic heterocycles. The largest absolute Gasteiger partial charge is 0.381 e. The Labute approximate surface area is 62.3 Å². The molecule has 2 N–H and O–H groups in total. The van der Waals surface area contributed by atoms with E-state index >= 15 is 0 Å². The molecule has 0 aliphatic rings. The molecule has 1 unspecified atom stereocenters. The van der Waals surface area contributed by atoms with Crippen molar-refractivity contribution in [2.75, 3.05) is 0 Å². The fraction of sp³-hybridized carbons (Fsp3) is 0.167. The summed E-state index contributed by atoms with van der Waals surface area (Å²) < 4.78 is 13.0. The van der Waals surface area contributed by atoms with E-state index in [0.717, 1.165) is 4.73 Å². The van der Waals surface area contributed by atoms with Crippen LogP contribution in [0.3, 0.4) is 0 Å². The lowest BCUT2D eigenvalue weighted by Crippen LogP contribution is -2.33. The summed E-state index contributed by atoms with van der Waals surface area (Å²) in [6.07, 6.45) is 0.831. The van der Waals surface area contributed by atoms with Crippen molar-refractivity contribution in [3.63, 3.8) is 0 Å². The maximum absolute atomic E-state index is 12.0. The van der Waals surface area contributed by atoms with Gasteiger partial charge in [-0.2, -0.15) is 4.73 Å². The van der Waals surface area contributed by atoms with Gasteiger partial charge in [-0.25, -0.2) is 9.18 Å². The van der Waals surface area contributed by atoms with Crippen LogP contribution >= 0.6 is 0 Å². The first-order chi connectivity index (χ1) is 5.20. The number of halogens is 1. The van der Waals surface area contributed by atoms with Gasteiger partial charge in [0, 0.05) is 12.4 Å². The number of nitrogens with two attached hydrogens (primary N) is 1. The molecule has 1 atom stereocenters. The van der Waals surface area contributed by atoms with E-state index in [9.17, 15) is 9.18 Å². The number of alkyl halides is 1. The van der Waals surface area contributed by atoms with Gasteiger partial charge in [0.05, 0.1) is 0 Å². The first-order valence-corrected chi connectivity index (χ1v) is 2.95. The van der Waals surface area contributed by atoms with E-state index in [1.54, 1.807) is 12.1 Å². The van der Waals surface area contributed by atoms with E-state index < -0.39 is 12.3 Å². The summed E-state index contributed by atoms with van der Waals surface area (Å²) in [6.45, 7) is 0. The highest BCUT2D eigenvalue weighted by Gasteiger charge is 2.13. The molecule has 1 heterocycles. The van der Waals surface area contributed by atoms with E-state index in [1.807, 2.05) is 0 Å². The molecular formula is C6H7FN2O2. The summed E-state index contributed by atoms with van der Waals surface area (Å²) in [5, 5.41) is 0. The van der Waals surface area contributed by atoms with Gasteiger partial charge in [-0.15, -0.1) is 0 Å². The second-order valence-corrected chi connectivity index (χ2v) is 1.86. The molecule has 0 saturated heterocycles. The molecular weight excluding hydrogens is 151 g/mol. The van der Waals surface area contributed by atoms with Gasteiger partial charge < -0.3 is 4.84 Å². The van der Waals surface area contributed by atoms with E-state index in [4.69, 9.17) is 0 Å². The molecule has 4 nitrogen and oxygen atoms in total. The van der Waals surface area contributed by atoms with Crippen molar-refractivity contribution in [1.29, 1.82) is 0 Å². The van der Waals surface area contributed by atoms with Crippen LogP contribution in [0.4, 0.5) is 4.39 Å². The molecule has 1 aromatic rings. The number of nitrogens with zero attached hydrogens (tertiary/aromatic N) is 1. The first kappa shape index (κ1) is 7.74. The van der Waals surface area contributed by atoms with Crippen LogP contribution in [0.2, 0.25) is 0 Å². The van der Waals surface area contributed by atoms with Gasteiger partial charge in [0.15, 0.2) is 0 Å². The van der Waals surface area contributed by atoms with Crippen LogP contribution in [0.25, 0.3) is 0 Å². The summed E-state index contributed by atoms with van der Waals surface area (Å²) >= 11 is 0. The minimum absolute atomic E-state index is 1.07. The molecule has 0 aromatic carbocycles. The molecule has 0 radical (unpaired) electrons. The average molecular weight is 158 g/mol. The number of hydrogen-bond donors (Lipinski definition) is 1. The number of carbonyl (C=O) groups excluding carboxylic acids is 1. The summed E-state index contributed by atoms with van der Waals surface area (Å²) in [7, 11) is 0. The summed E-state index contributed by atoms with van der Waals surface area (Å²) in [5.41, 5.74) is 4.60. The quantitative estimate of drug-likeness (QED) is 0.601. The maximum atomic E-state index is 12.0. The van der Waals surface area contributed by atoms with Crippen molar-refractivity contribution in [2.24, 2.45) is 5.73 Å². The first-order valence-electron chi connectivity index (χ1n) is 2.95. The van der Waals surface area contributed by atoms with Gasteiger partial charge in [0.1, 0.15) is 0 Å². The third-order valence-corrected chi connectivity index (χ3v) is 0.998. The molecule has 0 spiro atoms. The Balaban J connectivity index is 2.50. The van der Waals surface area contributed by atoms with Crippen LogP contribution in [0.5, 0.6) is 0 Å². The van der Waals surface area contributed by atoms with Crippen LogP contribution in [-0.2, 0) is 4.79 Å². The van der Waals surface area contributed by atoms with Crippen molar-refractivity contribution in [3.8, 4) is 0 Å². The normalized spacial score (nSPS) is 12.5. The number of rotatable bonds is 2. The smallest absolute Gasteiger partial charge is 0.332 e. The van der Waals surface area contributed by atoms with E-state index in [-0.39, 0.29) is 0 Å². The Morgan fingerprint density at radius 2 is 2.09 bits per heavy atom. The van der Waals surface area contributed by atoms with Crippen molar-refractivity contribution >= 4 is 5.97 Å². The maximum Gasteiger partial charge on any atom is 0.381 e. The van der Waals surface area contributed by atoms with Gasteiger partial charge in [0.2, 0.25) is 6.30 Å². The highest BCUT2D eigenvalue weighted by Crippen LogP contribution is 1.88. The van der Waals surface area contributed by atoms with Gasteiger partial charge in [0.25, 0.3) is 0 Å². The van der Waals surface area contributed by atoms with Crippen molar-refractivity contribution in [1.82, 2.24) is 4.73 Å². The molecule has 60 valence electrons. The molecule has 0 saturated carbocycles. The molecule has 0 fully saturated rings. The predicted molar refractivity (Wildman–Crippen MR) is 35.1 cm³/mol. The number of carbonyl (C=O) groups is 1. The highest BCUT2D eigenvalue weighted by atomic mass is 19.1. The lowest BCUT2D eigenvalue weighted by Gasteiger charge is -2.03. The van der Waals surface area contributed by atoms with Gasteiger partial charge in [-0.05, 0) is 12.1 Å². The molecule has 0 amide bonds. The minimum Gasteiger partial charge on any atom is -0.332 e. The monoisotopic (exact) mass is 158 g/mol. The Bertz CT molecular complexity index is 233. The molecule has 0 bridgehead atoms. The minimum atomic E-state index is -2.09. The fourth-order valence-electron chi connectivity index (χ4n) is 0.534. The summed E-state index contributed by atoms with van der Waals surface area (Å²) in [4.78, 5) is 14.9. The van der Waals surface area contributed by atoms with Gasteiger partial charge >= 0.3 is 5.97 Å². The Hall–Kier alpha value is -1.36. The standard InChI is InChI=1S/C6H7FN2O2/c7-5(8)6(10)11-9-3-1-2-4-9/h1-5H,8H2. The van der Waals surface area contributed by atoms with Gasteiger partial charge in [-0.3, -0.25) is 5.73 Å². The van der Waals surface area contributed by atoms with E-state index in [0.29, 0.717) is 0 Å². The number of hydrogen-bond acceptors (Lipinski definition) is 3. The van der Waals surface area contributed by atoms with Gasteiger partial charge in [-0.1, -0.05) is 0 Å². The topological polar surface area (TPSA) is 57.3 Å². The Kier molecular flexibility index (Phi) is 2.22. The second kappa shape index (κ2) is 3.16. The SMILES string of the molecule is NC(F)C(=O)On1cccc1. The van der Waals surface area contributed by atoms with Crippen LogP contribution in [0.15, 0.2) is 24.5 Å². The lowest BCUT2D eigenvalue weighted by atomic mass is 10.7. The summed E-state index contributed by atoms with van der Waals surface area (Å²) in [6, 6.07) is 3.27. The van der Waals surface area contributed by atoms with Crippen LogP contribution in [-0.4, -0.2) is 17.0 Å². The summed E-state index contributed by atoms with van der Waals surface area (Å²) in [5.74, 6) is -1.11. The van der Waals surface area contributed by atoms with Crippen LogP contribution in [0, 0.1) is 0 Å². The third kappa shape index (κ3) is 2.05. The lowest BCUT2D eigenvalue weighted by molar-refractivity contribution is -0.149. The average Bonchev–Trinajstić information content (AvgIpc) is 2.39. The zero-order valence-corrected chi connectivity index (χ0v) is 5.61. The van der Waals surface area contributed by atoms with Crippen molar-refractivity contribution in [3.05, 3.63) is 24.5 Å². The molecule has 1 rings (SSSR count). The fourth-order valence-corrected chi connectivity index (χ4v) is 0.534. The zero-order chi connectivity index (χ0) is 8.27. The number of aromatic nitrogens is 1. The Morgan fingerprint density at radius 1 is 1.55 bits per heavy atom. The van der Waals surface area contributed by atoms with E-state index in [1.165, 1.54) is 12.4 Å². The molecule has 1 aromatic heterocycles. The van der Waals surface area contributed by atoms with Crippen LogP contribution < -0.4 is 10.6 Å². The van der Waals surface area contributed by atoms with Crippen LogP contribution in [0.1, 0.15) is 0 Å². The van der Waals surface area contributed by atoms with Crippen molar-refractivity contribution < 1.29 is 14.0 Å². The third-order valence-electron chi connectivity index (χ3n) is 0.998. The van der Waals surface area contributed by atoms with E-state index in [2.05, 4.69) is 10.6 Å². The Morgan fingerprint density at radius 3 is 2.55 bits per heavy atom. The molecule has 11 heavy (non-hydrogen) atoms. The molecule has 0 aliphatic carbocycles. The zero-order valence-electron chi connectivity index (χ0n) is 5.61.